The molecule has 3 heterocycles. The summed E-state index contributed by atoms with van der Waals surface area (Å²) in [6, 6.07) is 14.1. The van der Waals surface area contributed by atoms with Gasteiger partial charge in [0.25, 0.3) is 0 Å². The fourth-order valence-electron chi connectivity index (χ4n) is 3.18. The van der Waals surface area contributed by atoms with E-state index in [0.717, 1.165) is 30.7 Å². The molecule has 1 aliphatic heterocycles. The van der Waals surface area contributed by atoms with E-state index in [1.165, 1.54) is 11.1 Å². The Morgan fingerprint density at radius 1 is 1.15 bits per heavy atom. The summed E-state index contributed by atoms with van der Waals surface area (Å²) in [6.07, 6.45) is 5.47. The van der Waals surface area contributed by atoms with E-state index in [1.54, 1.807) is 0 Å². The lowest BCUT2D eigenvalue weighted by molar-refractivity contribution is -0.123. The lowest BCUT2D eigenvalue weighted by Gasteiger charge is -2.25. The highest BCUT2D eigenvalue weighted by atomic mass is 35.5. The van der Waals surface area contributed by atoms with Gasteiger partial charge in [-0.25, -0.2) is 4.98 Å². The third kappa shape index (κ3) is 4.36. The maximum Gasteiger partial charge on any atom is 0.237 e. The molecule has 1 atom stereocenters. The van der Waals surface area contributed by atoms with Gasteiger partial charge < -0.3 is 15.0 Å². The Labute approximate surface area is 165 Å². The first-order chi connectivity index (χ1) is 11.8. The minimum atomic E-state index is -0.152. The van der Waals surface area contributed by atoms with Crippen LogP contribution in [0.1, 0.15) is 16.8 Å². The number of carbonyl (C=O) groups excluding carboxylic acids is 1. The topological polar surface area (TPSA) is 58.4 Å². The predicted molar refractivity (Wildman–Crippen MR) is 107 cm³/mol. The van der Waals surface area contributed by atoms with Crippen LogP contribution < -0.4 is 10.6 Å². The Kier molecular flexibility index (Phi) is 7.03. The van der Waals surface area contributed by atoms with Crippen LogP contribution in [0.5, 0.6) is 0 Å². The van der Waals surface area contributed by atoms with Crippen LogP contribution in [0.2, 0.25) is 0 Å². The monoisotopic (exact) mass is 392 g/mol. The van der Waals surface area contributed by atoms with Gasteiger partial charge in [0.05, 0.1) is 11.7 Å². The second-order valence-corrected chi connectivity index (χ2v) is 6.15. The van der Waals surface area contributed by atoms with Crippen molar-refractivity contribution < 1.29 is 4.79 Å². The highest BCUT2D eigenvalue weighted by Gasteiger charge is 2.23. The van der Waals surface area contributed by atoms with E-state index in [-0.39, 0.29) is 36.8 Å². The van der Waals surface area contributed by atoms with Gasteiger partial charge in [0.1, 0.15) is 5.65 Å². The first-order valence-corrected chi connectivity index (χ1v) is 8.30. The summed E-state index contributed by atoms with van der Waals surface area (Å²) in [6.45, 7) is 1.35. The Bertz CT molecular complexity index is 848. The van der Waals surface area contributed by atoms with Crippen molar-refractivity contribution in [3.63, 3.8) is 0 Å². The molecule has 0 saturated carbocycles. The molecule has 4 rings (SSSR count). The van der Waals surface area contributed by atoms with Gasteiger partial charge in [0, 0.05) is 31.9 Å². The number of hydrogen-bond donors (Lipinski definition) is 2. The molecule has 138 valence electrons. The van der Waals surface area contributed by atoms with Crippen molar-refractivity contribution in [1.82, 2.24) is 20.0 Å². The zero-order chi connectivity index (χ0) is 16.4. The molecule has 2 aromatic heterocycles. The lowest BCUT2D eigenvalue weighted by atomic mass is 9.95. The number of fused-ring (bicyclic) bond motifs is 2. The Balaban J connectivity index is 0.00000121. The maximum absolute atomic E-state index is 12.4. The van der Waals surface area contributed by atoms with Crippen LogP contribution in [0.15, 0.2) is 54.9 Å². The number of pyridine rings is 1. The van der Waals surface area contributed by atoms with Crippen LogP contribution in [-0.4, -0.2) is 27.9 Å². The molecule has 26 heavy (non-hydrogen) atoms. The fourth-order valence-corrected chi connectivity index (χ4v) is 3.18. The van der Waals surface area contributed by atoms with E-state index in [1.807, 2.05) is 47.1 Å². The first kappa shape index (κ1) is 20.2. The van der Waals surface area contributed by atoms with Crippen molar-refractivity contribution in [2.45, 2.75) is 25.4 Å². The number of nitrogens with zero attached hydrogens (tertiary/aromatic N) is 2. The van der Waals surface area contributed by atoms with Crippen molar-refractivity contribution in [3.8, 4) is 0 Å². The molecular weight excluding hydrogens is 371 g/mol. The predicted octanol–water partition coefficient (Wildman–Crippen LogP) is 2.55. The standard InChI is InChI=1S/C19H20N4O.2ClH/c24-19(17-11-14-5-1-2-6-15(14)12-21-17)20-9-8-16-13-23-10-4-3-7-18(23)22-16;;/h1-7,10,13,17,21H,8-9,11-12H2,(H,20,24);2*1H. The van der Waals surface area contributed by atoms with Crippen LogP contribution in [-0.2, 0) is 24.2 Å². The summed E-state index contributed by atoms with van der Waals surface area (Å²) in [5, 5.41) is 6.34. The summed E-state index contributed by atoms with van der Waals surface area (Å²) in [5.41, 5.74) is 4.47. The molecule has 3 aromatic rings. The van der Waals surface area contributed by atoms with E-state index in [0.29, 0.717) is 6.54 Å². The van der Waals surface area contributed by atoms with Gasteiger partial charge in [-0.1, -0.05) is 30.3 Å². The lowest BCUT2D eigenvalue weighted by Crippen LogP contribution is -2.48. The van der Waals surface area contributed by atoms with Crippen molar-refractivity contribution in [1.29, 1.82) is 0 Å². The van der Waals surface area contributed by atoms with E-state index in [9.17, 15) is 4.79 Å². The van der Waals surface area contributed by atoms with Crippen LogP contribution in [0.4, 0.5) is 0 Å². The molecular formula is C19H22Cl2N4O. The highest BCUT2D eigenvalue weighted by molar-refractivity contribution is 5.85. The summed E-state index contributed by atoms with van der Waals surface area (Å²) < 4.78 is 2.00. The number of benzene rings is 1. The number of carbonyl (C=O) groups is 1. The van der Waals surface area contributed by atoms with Gasteiger partial charge in [0.15, 0.2) is 0 Å². The molecule has 0 bridgehead atoms. The van der Waals surface area contributed by atoms with Crippen molar-refractivity contribution in [2.24, 2.45) is 0 Å². The quantitative estimate of drug-likeness (QED) is 0.717. The molecule has 1 aromatic carbocycles. The molecule has 5 nitrogen and oxygen atoms in total. The average molecular weight is 393 g/mol. The molecule has 0 saturated heterocycles. The van der Waals surface area contributed by atoms with Crippen molar-refractivity contribution in [2.75, 3.05) is 6.54 Å². The van der Waals surface area contributed by atoms with E-state index in [4.69, 9.17) is 0 Å². The molecule has 0 radical (unpaired) electrons. The Hall–Kier alpha value is -2.08. The number of imidazole rings is 1. The number of aromatic nitrogens is 2. The van der Waals surface area contributed by atoms with Crippen molar-refractivity contribution in [3.05, 3.63) is 71.7 Å². The normalized spacial score (nSPS) is 15.5. The summed E-state index contributed by atoms with van der Waals surface area (Å²) in [7, 11) is 0. The third-order valence-corrected chi connectivity index (χ3v) is 4.49. The minimum Gasteiger partial charge on any atom is -0.354 e. The Morgan fingerprint density at radius 2 is 1.92 bits per heavy atom. The highest BCUT2D eigenvalue weighted by Crippen LogP contribution is 2.16. The zero-order valence-corrected chi connectivity index (χ0v) is 15.9. The molecule has 1 amide bonds. The van der Waals surface area contributed by atoms with Gasteiger partial charge in [-0.3, -0.25) is 4.79 Å². The molecule has 1 unspecified atom stereocenters. The SMILES string of the molecule is Cl.Cl.O=C(NCCc1cn2ccccc2n1)C1Cc2ccccc2CN1. The second-order valence-electron chi connectivity index (χ2n) is 6.15. The Morgan fingerprint density at radius 3 is 2.73 bits per heavy atom. The van der Waals surface area contributed by atoms with Crippen LogP contribution >= 0.6 is 24.8 Å². The van der Waals surface area contributed by atoms with Crippen molar-refractivity contribution >= 4 is 36.4 Å². The van der Waals surface area contributed by atoms with Gasteiger partial charge in [-0.05, 0) is 29.7 Å². The largest absolute Gasteiger partial charge is 0.354 e. The fraction of sp³-hybridized carbons (Fsp3) is 0.263. The van der Waals surface area contributed by atoms with Crippen LogP contribution in [0.3, 0.4) is 0 Å². The van der Waals surface area contributed by atoms with Gasteiger partial charge in [-0.15, -0.1) is 24.8 Å². The molecule has 0 fully saturated rings. The summed E-state index contributed by atoms with van der Waals surface area (Å²) in [5.74, 6) is 0.0632. The zero-order valence-electron chi connectivity index (χ0n) is 14.2. The summed E-state index contributed by atoms with van der Waals surface area (Å²) >= 11 is 0. The van der Waals surface area contributed by atoms with Gasteiger partial charge in [-0.2, -0.15) is 0 Å². The average Bonchev–Trinajstić information content (AvgIpc) is 3.04. The molecule has 0 aliphatic carbocycles. The molecule has 0 spiro atoms. The second kappa shape index (κ2) is 9.03. The number of amides is 1. The number of hydrogen-bond acceptors (Lipinski definition) is 3. The first-order valence-electron chi connectivity index (χ1n) is 8.30. The van der Waals surface area contributed by atoms with Crippen LogP contribution in [0, 0.1) is 0 Å². The van der Waals surface area contributed by atoms with Gasteiger partial charge >= 0.3 is 0 Å². The number of rotatable bonds is 4. The maximum atomic E-state index is 12.4. The molecule has 7 heteroatoms. The van der Waals surface area contributed by atoms with Gasteiger partial charge in [0.2, 0.25) is 5.91 Å². The minimum absolute atomic E-state index is 0. The summed E-state index contributed by atoms with van der Waals surface area (Å²) in [4.78, 5) is 16.9. The van der Waals surface area contributed by atoms with Crippen LogP contribution in [0.25, 0.3) is 5.65 Å². The third-order valence-electron chi connectivity index (χ3n) is 4.49. The van der Waals surface area contributed by atoms with E-state index in [2.05, 4.69) is 27.8 Å². The molecule has 2 N–H and O–H groups in total. The smallest absolute Gasteiger partial charge is 0.237 e. The number of nitrogens with one attached hydrogen (secondary N) is 2. The van der Waals surface area contributed by atoms with E-state index >= 15 is 0 Å². The molecule has 1 aliphatic rings. The number of halogens is 2. The van der Waals surface area contributed by atoms with E-state index < -0.39 is 0 Å².